The van der Waals surface area contributed by atoms with Gasteiger partial charge in [-0.3, -0.25) is 4.55 Å². The molecule has 0 unspecified atom stereocenters. The van der Waals surface area contributed by atoms with E-state index in [-0.39, 0.29) is 18.9 Å². The lowest BCUT2D eigenvalue weighted by Gasteiger charge is -2.02. The zero-order valence-electron chi connectivity index (χ0n) is 8.32. The second kappa shape index (κ2) is 4.55. The van der Waals surface area contributed by atoms with Gasteiger partial charge in [-0.1, -0.05) is 0 Å². The van der Waals surface area contributed by atoms with E-state index in [0.29, 0.717) is 5.82 Å². The molecule has 1 rings (SSSR count). The molecular formula is C6H10N4O5S. The fraction of sp³-hybridized carbons (Fsp3) is 0.500. The van der Waals surface area contributed by atoms with E-state index in [1.807, 2.05) is 4.72 Å². The molecule has 1 aromatic heterocycles. The van der Waals surface area contributed by atoms with E-state index < -0.39 is 15.2 Å². The number of nitro groups is 1. The Hall–Kier alpha value is -1.52. The van der Waals surface area contributed by atoms with E-state index in [2.05, 4.69) is 4.98 Å². The summed E-state index contributed by atoms with van der Waals surface area (Å²) in [5.74, 6) is 0.165. The van der Waals surface area contributed by atoms with Crippen LogP contribution < -0.4 is 4.72 Å². The molecule has 0 aliphatic rings. The zero-order chi connectivity index (χ0) is 12.3. The van der Waals surface area contributed by atoms with Crippen LogP contribution in [0.3, 0.4) is 0 Å². The smallest absolute Gasteiger partial charge is 0.342 e. The highest BCUT2D eigenvalue weighted by Crippen LogP contribution is 2.12. The number of nitrogens with one attached hydrogen (secondary N) is 1. The molecule has 0 atom stereocenters. The van der Waals surface area contributed by atoms with Crippen LogP contribution in [-0.4, -0.2) is 34.0 Å². The molecule has 0 spiro atoms. The van der Waals surface area contributed by atoms with Crippen molar-refractivity contribution in [3.8, 4) is 0 Å². The van der Waals surface area contributed by atoms with Crippen LogP contribution in [0, 0.1) is 17.0 Å². The number of imidazole rings is 1. The minimum absolute atomic E-state index is 0.0158. The maximum Gasteiger partial charge on any atom is 0.342 e. The lowest BCUT2D eigenvalue weighted by atomic mass is 10.5. The van der Waals surface area contributed by atoms with Gasteiger partial charge in [0.2, 0.25) is 0 Å². The van der Waals surface area contributed by atoms with Crippen molar-refractivity contribution >= 4 is 16.1 Å². The number of aryl methyl sites for hydroxylation is 1. The van der Waals surface area contributed by atoms with Gasteiger partial charge in [-0.05, 0) is 4.92 Å². The van der Waals surface area contributed by atoms with Crippen molar-refractivity contribution in [1.82, 2.24) is 14.3 Å². The molecule has 10 heteroatoms. The SMILES string of the molecule is Cc1ncc([N+](=O)[O-])n1CCNS(=O)(=O)O. The zero-order valence-corrected chi connectivity index (χ0v) is 9.14. The predicted octanol–water partition coefficient (Wildman–Crippen LogP) is -0.508. The highest BCUT2D eigenvalue weighted by molar-refractivity contribution is 7.83. The van der Waals surface area contributed by atoms with Gasteiger partial charge in [0.25, 0.3) is 0 Å². The summed E-state index contributed by atoms with van der Waals surface area (Å²) in [7, 11) is -4.28. The second-order valence-corrected chi connectivity index (χ2v) is 4.18. The van der Waals surface area contributed by atoms with Gasteiger partial charge in [0.15, 0.2) is 5.82 Å². The summed E-state index contributed by atoms with van der Waals surface area (Å²) in [5.41, 5.74) is 0. The molecule has 0 bridgehead atoms. The summed E-state index contributed by atoms with van der Waals surface area (Å²) in [5, 5.41) is 10.6. The fourth-order valence-electron chi connectivity index (χ4n) is 1.16. The van der Waals surface area contributed by atoms with Crippen LogP contribution in [0.15, 0.2) is 6.20 Å². The Morgan fingerprint density at radius 2 is 2.31 bits per heavy atom. The minimum Gasteiger partial charge on any atom is -0.358 e. The standard InChI is InChI=1S/C6H10N4O5S/c1-5-7-4-6(10(11)12)9(5)3-2-8-16(13,14)15/h4,8H,2-3H2,1H3,(H,13,14,15). The van der Waals surface area contributed by atoms with Gasteiger partial charge in [-0.15, -0.1) is 0 Å². The van der Waals surface area contributed by atoms with Gasteiger partial charge in [-0.25, -0.2) is 9.55 Å². The first-order chi connectivity index (χ1) is 7.31. The molecule has 0 radical (unpaired) electrons. The number of hydrogen-bond donors (Lipinski definition) is 2. The Morgan fingerprint density at radius 3 is 2.81 bits per heavy atom. The van der Waals surface area contributed by atoms with Crippen LogP contribution in [0.5, 0.6) is 0 Å². The summed E-state index contributed by atoms with van der Waals surface area (Å²) in [4.78, 5) is 13.7. The molecule has 0 amide bonds. The summed E-state index contributed by atoms with van der Waals surface area (Å²) in [6.07, 6.45) is 1.09. The lowest BCUT2D eigenvalue weighted by molar-refractivity contribution is -0.392. The van der Waals surface area contributed by atoms with Crippen LogP contribution in [0.4, 0.5) is 5.82 Å². The lowest BCUT2D eigenvalue weighted by Crippen LogP contribution is -2.27. The molecule has 0 aromatic carbocycles. The van der Waals surface area contributed by atoms with E-state index in [1.165, 1.54) is 4.57 Å². The van der Waals surface area contributed by atoms with E-state index in [0.717, 1.165) is 6.20 Å². The molecule has 16 heavy (non-hydrogen) atoms. The van der Waals surface area contributed by atoms with E-state index in [4.69, 9.17) is 4.55 Å². The maximum absolute atomic E-state index is 10.6. The molecule has 0 saturated heterocycles. The highest BCUT2D eigenvalue weighted by atomic mass is 32.2. The number of aromatic nitrogens is 2. The Bertz CT molecular complexity index is 493. The van der Waals surface area contributed by atoms with Gasteiger partial charge < -0.3 is 10.1 Å². The Morgan fingerprint density at radius 1 is 1.69 bits per heavy atom. The first-order valence-electron chi connectivity index (χ1n) is 4.20. The first-order valence-corrected chi connectivity index (χ1v) is 5.64. The van der Waals surface area contributed by atoms with Crippen LogP contribution in [0.1, 0.15) is 5.82 Å². The molecule has 2 N–H and O–H groups in total. The third kappa shape index (κ3) is 3.25. The summed E-state index contributed by atoms with van der Waals surface area (Å²) in [6, 6.07) is 0. The molecule has 0 fully saturated rings. The van der Waals surface area contributed by atoms with Crippen molar-refractivity contribution in [2.24, 2.45) is 0 Å². The fourth-order valence-corrected chi connectivity index (χ4v) is 1.51. The largest absolute Gasteiger partial charge is 0.358 e. The van der Waals surface area contributed by atoms with Crippen molar-refractivity contribution in [1.29, 1.82) is 0 Å². The van der Waals surface area contributed by atoms with Crippen molar-refractivity contribution in [3.05, 3.63) is 22.1 Å². The Labute approximate surface area is 91.1 Å². The molecule has 1 heterocycles. The second-order valence-electron chi connectivity index (χ2n) is 2.94. The average molecular weight is 250 g/mol. The van der Waals surface area contributed by atoms with E-state index in [1.54, 1.807) is 6.92 Å². The molecule has 0 aliphatic heterocycles. The number of nitrogens with zero attached hydrogens (tertiary/aromatic N) is 3. The summed E-state index contributed by atoms with van der Waals surface area (Å²) >= 11 is 0. The van der Waals surface area contributed by atoms with E-state index in [9.17, 15) is 18.5 Å². The average Bonchev–Trinajstić information content (AvgIpc) is 2.46. The van der Waals surface area contributed by atoms with Gasteiger partial charge in [0, 0.05) is 6.92 Å². The third-order valence-electron chi connectivity index (χ3n) is 1.84. The Balaban J connectivity index is 2.73. The molecular weight excluding hydrogens is 240 g/mol. The summed E-state index contributed by atoms with van der Waals surface area (Å²) in [6.45, 7) is 1.42. The van der Waals surface area contributed by atoms with Crippen molar-refractivity contribution in [2.75, 3.05) is 6.54 Å². The van der Waals surface area contributed by atoms with Crippen LogP contribution in [0.2, 0.25) is 0 Å². The van der Waals surface area contributed by atoms with Crippen LogP contribution in [-0.2, 0) is 16.8 Å². The van der Waals surface area contributed by atoms with E-state index >= 15 is 0 Å². The van der Waals surface area contributed by atoms with Gasteiger partial charge in [0.05, 0.1) is 6.54 Å². The third-order valence-corrected chi connectivity index (χ3v) is 2.41. The van der Waals surface area contributed by atoms with Gasteiger partial charge >= 0.3 is 16.1 Å². The first kappa shape index (κ1) is 12.5. The maximum atomic E-state index is 10.6. The van der Waals surface area contributed by atoms with Crippen molar-refractivity contribution in [2.45, 2.75) is 13.5 Å². The number of rotatable bonds is 5. The minimum atomic E-state index is -4.28. The number of hydrogen-bond acceptors (Lipinski definition) is 5. The summed E-state index contributed by atoms with van der Waals surface area (Å²) < 4.78 is 32.1. The van der Waals surface area contributed by atoms with Crippen LogP contribution in [0.25, 0.3) is 0 Å². The molecule has 90 valence electrons. The van der Waals surface area contributed by atoms with Gasteiger partial charge in [0.1, 0.15) is 12.7 Å². The van der Waals surface area contributed by atoms with Crippen molar-refractivity contribution < 1.29 is 17.9 Å². The quantitative estimate of drug-likeness (QED) is 0.411. The monoisotopic (exact) mass is 250 g/mol. The highest BCUT2D eigenvalue weighted by Gasteiger charge is 2.17. The topological polar surface area (TPSA) is 127 Å². The van der Waals surface area contributed by atoms with Crippen LogP contribution >= 0.6 is 0 Å². The molecule has 1 aromatic rings. The predicted molar refractivity (Wildman–Crippen MR) is 53.2 cm³/mol. The normalized spacial score (nSPS) is 11.6. The molecule has 9 nitrogen and oxygen atoms in total. The molecule has 0 saturated carbocycles. The van der Waals surface area contributed by atoms with Gasteiger partial charge in [-0.2, -0.15) is 13.1 Å². The van der Waals surface area contributed by atoms with Crippen molar-refractivity contribution in [3.63, 3.8) is 0 Å². The Kier molecular flexibility index (Phi) is 3.57. The molecule has 0 aliphatic carbocycles.